The van der Waals surface area contributed by atoms with Crippen LogP contribution in [0.1, 0.15) is 30.6 Å². The van der Waals surface area contributed by atoms with E-state index in [1.165, 1.54) is 0 Å². The number of hydrogen-bond donors (Lipinski definition) is 1. The molecule has 1 saturated heterocycles. The van der Waals surface area contributed by atoms with Gasteiger partial charge in [0.1, 0.15) is 0 Å². The smallest absolute Gasteiger partial charge is 0.257 e. The first-order chi connectivity index (χ1) is 10.6. The van der Waals surface area contributed by atoms with Crippen LogP contribution in [0.5, 0.6) is 0 Å². The normalized spacial score (nSPS) is 15.0. The first-order valence-corrected chi connectivity index (χ1v) is 7.64. The van der Waals surface area contributed by atoms with Crippen molar-refractivity contribution in [3.63, 3.8) is 0 Å². The summed E-state index contributed by atoms with van der Waals surface area (Å²) in [5.74, 6) is 1.08. The van der Waals surface area contributed by atoms with Crippen LogP contribution in [0.3, 0.4) is 0 Å². The highest BCUT2D eigenvalue weighted by Gasteiger charge is 2.21. The molecule has 1 fully saturated rings. The van der Waals surface area contributed by atoms with E-state index in [1.54, 1.807) is 22.2 Å². The molecule has 7 heteroatoms. The van der Waals surface area contributed by atoms with E-state index in [2.05, 4.69) is 29.1 Å². The monoisotopic (exact) mass is 305 g/mol. The molecule has 1 aliphatic heterocycles. The number of rotatable bonds is 6. The van der Waals surface area contributed by atoms with Crippen molar-refractivity contribution in [3.05, 3.63) is 18.0 Å². The van der Waals surface area contributed by atoms with Gasteiger partial charge < -0.3 is 15.1 Å². The van der Waals surface area contributed by atoms with Crippen LogP contribution in [0.25, 0.3) is 0 Å². The Morgan fingerprint density at radius 2 is 1.91 bits per heavy atom. The summed E-state index contributed by atoms with van der Waals surface area (Å²) in [6.45, 7) is 7.38. The van der Waals surface area contributed by atoms with Crippen LogP contribution < -0.4 is 5.32 Å². The summed E-state index contributed by atoms with van der Waals surface area (Å²) in [6, 6.07) is 0. The van der Waals surface area contributed by atoms with Gasteiger partial charge in [0.15, 0.2) is 0 Å². The minimum absolute atomic E-state index is 0.0840. The molecule has 0 saturated carbocycles. The fourth-order valence-electron chi connectivity index (χ4n) is 2.22. The largest absolute Gasteiger partial charge is 0.354 e. The number of anilines is 1. The first kappa shape index (κ1) is 16.2. The average molecular weight is 305 g/mol. The fraction of sp³-hybridized carbons (Fsp3) is 0.600. The Hall–Kier alpha value is -2.18. The van der Waals surface area contributed by atoms with E-state index in [-0.39, 0.29) is 5.91 Å². The van der Waals surface area contributed by atoms with Crippen LogP contribution >= 0.6 is 0 Å². The predicted octanol–water partition coefficient (Wildman–Crippen LogP) is 0.849. The van der Waals surface area contributed by atoms with Crippen LogP contribution in [-0.2, 0) is 4.79 Å². The third-order valence-corrected chi connectivity index (χ3v) is 3.65. The quantitative estimate of drug-likeness (QED) is 0.788. The van der Waals surface area contributed by atoms with Crippen LogP contribution in [0.15, 0.2) is 12.4 Å². The van der Waals surface area contributed by atoms with Crippen molar-refractivity contribution in [3.8, 4) is 0 Å². The molecular weight excluding hydrogens is 282 g/mol. The zero-order chi connectivity index (χ0) is 15.9. The lowest BCUT2D eigenvalue weighted by atomic mass is 10.1. The van der Waals surface area contributed by atoms with Crippen LogP contribution in [0.2, 0.25) is 0 Å². The van der Waals surface area contributed by atoms with E-state index in [9.17, 15) is 9.59 Å². The molecule has 7 nitrogen and oxygen atoms in total. The van der Waals surface area contributed by atoms with Crippen molar-refractivity contribution in [2.45, 2.75) is 20.3 Å². The molecular formula is C15H23N5O2. The van der Waals surface area contributed by atoms with Gasteiger partial charge in [-0.2, -0.15) is 0 Å². The molecule has 1 aromatic rings. The standard InChI is InChI=1S/C15H23N5O2/c1-12(2)3-4-16-15-17-9-13(10-18-15)14(22)20-7-5-19(11-21)6-8-20/h9-12H,3-8H2,1-2H3,(H,16,17,18). The highest BCUT2D eigenvalue weighted by Crippen LogP contribution is 2.08. The van der Waals surface area contributed by atoms with E-state index in [1.807, 2.05) is 0 Å². The van der Waals surface area contributed by atoms with Crippen molar-refractivity contribution in [2.75, 3.05) is 38.0 Å². The molecule has 0 bridgehead atoms. The molecule has 0 atom stereocenters. The molecule has 2 rings (SSSR count). The minimum Gasteiger partial charge on any atom is -0.354 e. The van der Waals surface area contributed by atoms with Gasteiger partial charge in [0.25, 0.3) is 5.91 Å². The van der Waals surface area contributed by atoms with Crippen molar-refractivity contribution in [1.82, 2.24) is 19.8 Å². The van der Waals surface area contributed by atoms with Crippen LogP contribution in [-0.4, -0.2) is 64.8 Å². The van der Waals surface area contributed by atoms with Crippen molar-refractivity contribution in [1.29, 1.82) is 0 Å². The zero-order valence-corrected chi connectivity index (χ0v) is 13.2. The van der Waals surface area contributed by atoms with Crippen molar-refractivity contribution in [2.24, 2.45) is 5.92 Å². The zero-order valence-electron chi connectivity index (χ0n) is 13.2. The molecule has 1 aliphatic rings. The Morgan fingerprint density at radius 1 is 1.27 bits per heavy atom. The summed E-state index contributed by atoms with van der Waals surface area (Å²) in [5.41, 5.74) is 0.481. The molecule has 120 valence electrons. The summed E-state index contributed by atoms with van der Waals surface area (Å²) < 4.78 is 0. The van der Waals surface area contributed by atoms with E-state index in [0.717, 1.165) is 19.4 Å². The second kappa shape index (κ2) is 7.72. The minimum atomic E-state index is -0.0840. The lowest BCUT2D eigenvalue weighted by Gasteiger charge is -2.32. The van der Waals surface area contributed by atoms with Gasteiger partial charge in [-0.1, -0.05) is 13.8 Å². The summed E-state index contributed by atoms with van der Waals surface area (Å²) >= 11 is 0. The lowest BCUT2D eigenvalue weighted by Crippen LogP contribution is -2.48. The maximum atomic E-state index is 12.3. The lowest BCUT2D eigenvalue weighted by molar-refractivity contribution is -0.119. The highest BCUT2D eigenvalue weighted by atomic mass is 16.2. The Kier molecular flexibility index (Phi) is 5.68. The summed E-state index contributed by atoms with van der Waals surface area (Å²) in [4.78, 5) is 34.8. The SMILES string of the molecule is CC(C)CCNc1ncc(C(=O)N2CCN(C=O)CC2)cn1. The third-order valence-electron chi connectivity index (χ3n) is 3.65. The van der Waals surface area contributed by atoms with Crippen LogP contribution in [0.4, 0.5) is 5.95 Å². The molecule has 0 aromatic carbocycles. The number of piperazine rings is 1. The Morgan fingerprint density at radius 3 is 2.45 bits per heavy atom. The second-order valence-corrected chi connectivity index (χ2v) is 5.84. The number of nitrogens with one attached hydrogen (secondary N) is 1. The van der Waals surface area contributed by atoms with Crippen molar-refractivity contribution >= 4 is 18.3 Å². The number of aromatic nitrogens is 2. The average Bonchev–Trinajstić information content (AvgIpc) is 2.54. The van der Waals surface area contributed by atoms with Gasteiger partial charge in [-0.25, -0.2) is 9.97 Å². The molecule has 1 N–H and O–H groups in total. The Labute approximate surface area is 130 Å². The molecule has 2 amide bonds. The maximum absolute atomic E-state index is 12.3. The highest BCUT2D eigenvalue weighted by molar-refractivity contribution is 5.93. The van der Waals surface area contributed by atoms with Gasteiger partial charge in [-0.15, -0.1) is 0 Å². The van der Waals surface area contributed by atoms with Crippen LogP contribution in [0, 0.1) is 5.92 Å². The van der Waals surface area contributed by atoms with E-state index in [0.29, 0.717) is 43.6 Å². The molecule has 22 heavy (non-hydrogen) atoms. The number of hydrogen-bond acceptors (Lipinski definition) is 5. The summed E-state index contributed by atoms with van der Waals surface area (Å²) in [7, 11) is 0. The second-order valence-electron chi connectivity index (χ2n) is 5.84. The van der Waals surface area contributed by atoms with E-state index in [4.69, 9.17) is 0 Å². The Balaban J connectivity index is 1.87. The molecule has 0 unspecified atom stereocenters. The van der Waals surface area contributed by atoms with Gasteiger partial charge in [0.05, 0.1) is 5.56 Å². The summed E-state index contributed by atoms with van der Waals surface area (Å²) in [5, 5.41) is 3.14. The first-order valence-electron chi connectivity index (χ1n) is 7.64. The molecule has 1 aromatic heterocycles. The van der Waals surface area contributed by atoms with Gasteiger partial charge in [-0.05, 0) is 12.3 Å². The maximum Gasteiger partial charge on any atom is 0.257 e. The van der Waals surface area contributed by atoms with Gasteiger partial charge in [0, 0.05) is 45.1 Å². The Bertz CT molecular complexity index is 495. The topological polar surface area (TPSA) is 78.4 Å². The van der Waals surface area contributed by atoms with Crippen molar-refractivity contribution < 1.29 is 9.59 Å². The molecule has 0 spiro atoms. The van der Waals surface area contributed by atoms with E-state index >= 15 is 0 Å². The fourth-order valence-corrected chi connectivity index (χ4v) is 2.22. The number of nitrogens with zero attached hydrogens (tertiary/aromatic N) is 4. The van der Waals surface area contributed by atoms with E-state index < -0.39 is 0 Å². The van der Waals surface area contributed by atoms with Gasteiger partial charge >= 0.3 is 0 Å². The third kappa shape index (κ3) is 4.41. The molecule has 2 heterocycles. The predicted molar refractivity (Wildman–Crippen MR) is 83.5 cm³/mol. The van der Waals surface area contributed by atoms with Gasteiger partial charge in [0.2, 0.25) is 12.4 Å². The molecule has 0 aliphatic carbocycles. The number of carbonyl (C=O) groups excluding carboxylic acids is 2. The summed E-state index contributed by atoms with van der Waals surface area (Å²) in [6.07, 6.45) is 4.98. The number of carbonyl (C=O) groups is 2. The number of amides is 2. The molecule has 0 radical (unpaired) electrons. The van der Waals surface area contributed by atoms with Gasteiger partial charge in [-0.3, -0.25) is 9.59 Å².